The van der Waals surface area contributed by atoms with Gasteiger partial charge in [0.15, 0.2) is 17.5 Å². The summed E-state index contributed by atoms with van der Waals surface area (Å²) in [4.78, 5) is 55.8. The zero-order chi connectivity index (χ0) is 50.6. The minimum Gasteiger partial charge on any atom is -0.480 e. The minimum atomic E-state index is -0.515. The third-order valence-electron chi connectivity index (χ3n) is 10.6. The highest BCUT2D eigenvalue weighted by Crippen LogP contribution is 2.29. The fourth-order valence-electron chi connectivity index (χ4n) is 7.36. The van der Waals surface area contributed by atoms with E-state index in [-0.39, 0.29) is 63.5 Å². The molecule has 0 aromatic carbocycles. The number of rotatable bonds is 4. The van der Waals surface area contributed by atoms with E-state index < -0.39 is 11.2 Å². The van der Waals surface area contributed by atoms with Gasteiger partial charge in [-0.15, -0.1) is 32.8 Å². The van der Waals surface area contributed by atoms with Crippen LogP contribution in [0.25, 0.3) is 23.0 Å². The summed E-state index contributed by atoms with van der Waals surface area (Å²) in [5.74, 6) is 8.53. The van der Waals surface area contributed by atoms with Gasteiger partial charge < -0.3 is 28.7 Å². The number of aromatic nitrogens is 9. The van der Waals surface area contributed by atoms with Crippen molar-refractivity contribution in [3.8, 4) is 23.0 Å². The first kappa shape index (κ1) is 61.5. The van der Waals surface area contributed by atoms with Crippen LogP contribution in [0.2, 0.25) is 0 Å². The Morgan fingerprint density at radius 1 is 0.681 bits per heavy atom. The average Bonchev–Trinajstić information content (AvgIpc) is 3.93. The van der Waals surface area contributed by atoms with Crippen molar-refractivity contribution in [3.63, 3.8) is 0 Å². The number of hydrogen-bond donors (Lipinski definition) is 3. The highest BCUT2D eigenvalue weighted by atomic mass is 35.5. The van der Waals surface area contributed by atoms with Crippen molar-refractivity contribution >= 4 is 36.4 Å². The Morgan fingerprint density at radius 2 is 1.17 bits per heavy atom. The summed E-state index contributed by atoms with van der Waals surface area (Å²) < 4.78 is 20.4. The molecule has 8 heterocycles. The molecule has 72 heavy (non-hydrogen) atoms. The Hall–Kier alpha value is -6.58. The van der Waals surface area contributed by atoms with Gasteiger partial charge in [-0.25, -0.2) is 30.4 Å². The number of halogens is 1. The molecular weight excluding hydrogens is 942 g/mol. The van der Waals surface area contributed by atoms with Crippen molar-refractivity contribution in [1.82, 2.24) is 65.0 Å². The van der Waals surface area contributed by atoms with E-state index in [0.717, 1.165) is 64.9 Å². The molecule has 0 radical (unpaired) electrons. The summed E-state index contributed by atoms with van der Waals surface area (Å²) in [7, 11) is 0. The molecule has 3 aliphatic heterocycles. The van der Waals surface area contributed by atoms with E-state index in [1.54, 1.807) is 21.9 Å². The second-order valence-electron chi connectivity index (χ2n) is 18.6. The molecular formula is C50H78ClN15O6. The molecule has 22 heteroatoms. The van der Waals surface area contributed by atoms with Gasteiger partial charge in [0.25, 0.3) is 5.91 Å². The number of nitrogens with two attached hydrogens (primary N) is 1. The van der Waals surface area contributed by atoms with Crippen molar-refractivity contribution in [2.24, 2.45) is 10.8 Å². The van der Waals surface area contributed by atoms with Crippen LogP contribution in [0.1, 0.15) is 135 Å². The van der Waals surface area contributed by atoms with Crippen molar-refractivity contribution in [3.05, 3.63) is 89.0 Å². The number of carbonyl (C=O) groups is 3. The minimum absolute atomic E-state index is 0. The molecule has 0 bridgehead atoms. The van der Waals surface area contributed by atoms with Gasteiger partial charge in [0.05, 0.1) is 25.2 Å². The van der Waals surface area contributed by atoms with E-state index in [9.17, 15) is 14.4 Å². The van der Waals surface area contributed by atoms with Crippen LogP contribution >= 0.6 is 12.4 Å². The van der Waals surface area contributed by atoms with Gasteiger partial charge >= 0.3 is 12.2 Å². The number of hydrazine groups is 1. The summed E-state index contributed by atoms with van der Waals surface area (Å²) >= 11 is 0. The number of ether oxygens (including phenoxy) is 3. The van der Waals surface area contributed by atoms with Crippen molar-refractivity contribution < 1.29 is 28.6 Å². The SMILES string of the molecule is C.C.CCOC1=NCCN(C(=O)OC(C)(C)C)C1C.Cc1cccc(-c2nnc3n2CCN(C(=O)OC(C)(C)C)C3C)n1.Cc1cccc(-c2nnc3n2CCNC3C)n1.Cc1cccc(C(=O)NN)n1.Cl. The second kappa shape index (κ2) is 27.3. The maximum atomic E-state index is 12.4. The lowest BCUT2D eigenvalue weighted by atomic mass is 10.2. The fraction of sp³-hybridized carbons (Fsp3) is 0.540. The van der Waals surface area contributed by atoms with Crippen LogP contribution in [0.3, 0.4) is 0 Å². The molecule has 0 aliphatic carbocycles. The lowest BCUT2D eigenvalue weighted by Gasteiger charge is -2.34. The Bertz CT molecular complexity index is 2570. The maximum absolute atomic E-state index is 12.4. The van der Waals surface area contributed by atoms with Crippen LogP contribution in [-0.2, 0) is 27.3 Å². The first-order valence-corrected chi connectivity index (χ1v) is 23.2. The van der Waals surface area contributed by atoms with Crippen molar-refractivity contribution in [1.29, 1.82) is 0 Å². The first-order chi connectivity index (χ1) is 32.6. The number of carbonyl (C=O) groups excluding carboxylic acids is 3. The summed E-state index contributed by atoms with van der Waals surface area (Å²) in [6, 6.07) is 16.9. The second-order valence-corrected chi connectivity index (χ2v) is 18.6. The summed E-state index contributed by atoms with van der Waals surface area (Å²) in [6.45, 7) is 29.5. The monoisotopic (exact) mass is 1020 g/mol. The number of hydrogen-bond acceptors (Lipinski definition) is 16. The lowest BCUT2D eigenvalue weighted by molar-refractivity contribution is 0.0120. The van der Waals surface area contributed by atoms with Gasteiger partial charge in [-0.3, -0.25) is 25.0 Å². The highest BCUT2D eigenvalue weighted by Gasteiger charge is 2.35. The largest absolute Gasteiger partial charge is 0.480 e. The van der Waals surface area contributed by atoms with Crippen LogP contribution in [0.4, 0.5) is 9.59 Å². The molecule has 3 unspecified atom stereocenters. The predicted octanol–water partition coefficient (Wildman–Crippen LogP) is 8.02. The molecule has 8 rings (SSSR count). The van der Waals surface area contributed by atoms with Crippen LogP contribution in [0.5, 0.6) is 0 Å². The number of aryl methyl sites for hydroxylation is 3. The van der Waals surface area contributed by atoms with Gasteiger partial charge in [-0.05, 0) is 126 Å². The van der Waals surface area contributed by atoms with Gasteiger partial charge in [0.2, 0.25) is 5.90 Å². The molecule has 3 amide bonds. The van der Waals surface area contributed by atoms with Gasteiger partial charge in [0, 0.05) is 49.8 Å². The van der Waals surface area contributed by atoms with E-state index in [2.05, 4.69) is 57.1 Å². The quantitative estimate of drug-likeness (QED) is 0.0876. The van der Waals surface area contributed by atoms with E-state index >= 15 is 0 Å². The summed E-state index contributed by atoms with van der Waals surface area (Å²) in [5, 5.41) is 20.5. The van der Waals surface area contributed by atoms with E-state index in [4.69, 9.17) is 20.1 Å². The third-order valence-corrected chi connectivity index (χ3v) is 10.6. The molecule has 0 spiro atoms. The lowest BCUT2D eigenvalue weighted by Crippen LogP contribution is -2.50. The van der Waals surface area contributed by atoms with Crippen LogP contribution < -0.4 is 16.6 Å². The number of aliphatic imine (C=N–C) groups is 1. The summed E-state index contributed by atoms with van der Waals surface area (Å²) in [6.07, 6.45) is -0.628. The van der Waals surface area contributed by atoms with E-state index in [1.165, 1.54) is 0 Å². The number of nitrogens with one attached hydrogen (secondary N) is 2. The Labute approximate surface area is 431 Å². The molecule has 3 atom stereocenters. The van der Waals surface area contributed by atoms with Gasteiger partial charge in [-0.2, -0.15) is 0 Å². The molecule has 4 N–H and O–H groups in total. The molecule has 0 saturated heterocycles. The van der Waals surface area contributed by atoms with E-state index in [1.807, 2.05) is 136 Å². The first-order valence-electron chi connectivity index (χ1n) is 23.2. The maximum Gasteiger partial charge on any atom is 0.411 e. The predicted molar refractivity (Wildman–Crippen MR) is 281 cm³/mol. The number of fused-ring (bicyclic) bond motifs is 2. The number of pyridine rings is 3. The van der Waals surface area contributed by atoms with Gasteiger partial charge in [0.1, 0.15) is 40.2 Å². The zero-order valence-corrected chi connectivity index (χ0v) is 43.5. The normalized spacial score (nSPS) is 16.7. The molecule has 0 fully saturated rings. The fourth-order valence-corrected chi connectivity index (χ4v) is 7.36. The summed E-state index contributed by atoms with van der Waals surface area (Å²) in [5.41, 5.74) is 5.79. The Balaban J connectivity index is 0.000000335. The molecule has 5 aromatic rings. The molecule has 3 aliphatic rings. The number of nitrogens with zero attached hydrogens (tertiary/aromatic N) is 12. The van der Waals surface area contributed by atoms with Gasteiger partial charge in [-0.1, -0.05) is 33.1 Å². The third kappa shape index (κ3) is 16.8. The Kier molecular flexibility index (Phi) is 23.3. The molecule has 0 saturated carbocycles. The molecule has 5 aromatic heterocycles. The molecule has 21 nitrogen and oxygen atoms in total. The van der Waals surface area contributed by atoms with Crippen LogP contribution in [0.15, 0.2) is 59.6 Å². The standard InChI is InChI=1S/C17H23N5O2.C12H15N5.C12H22N2O3.C7H9N3O.2CH4.ClH/c1-11-7-6-8-13(18-11)15-20-19-14-12(2)21(9-10-22(14)15)16(23)24-17(3,4)5;1-8-4-3-5-10(14-8)12-16-15-11-9(2)13-6-7-17(11)12;1-6-16-10-9(2)14(8-7-13-10)11(15)17-12(3,4)5;1-5-3-2-4-6(9-5)7(11)10-8;;;/h6-8,12H,9-10H2,1-5H3;3-5,9,13H,6-7H2,1-2H3;9H,6-8H2,1-5H3;2-4H,8H2,1H3,(H,10,11);2*1H4;1H. The highest BCUT2D eigenvalue weighted by molar-refractivity contribution is 5.91. The smallest absolute Gasteiger partial charge is 0.411 e. The van der Waals surface area contributed by atoms with E-state index in [0.29, 0.717) is 44.4 Å². The number of nitrogen functional groups attached to an aromatic ring is 1. The zero-order valence-electron chi connectivity index (χ0n) is 42.7. The van der Waals surface area contributed by atoms with Crippen molar-refractivity contribution in [2.45, 2.75) is 147 Å². The molecule has 396 valence electrons. The number of amides is 3. The van der Waals surface area contributed by atoms with Crippen LogP contribution in [0, 0.1) is 20.8 Å². The average molecular weight is 1020 g/mol. The van der Waals surface area contributed by atoms with Crippen LogP contribution in [-0.4, -0.2) is 128 Å². The Morgan fingerprint density at radius 3 is 1.65 bits per heavy atom. The topological polar surface area (TPSA) is 248 Å². The van der Waals surface area contributed by atoms with Crippen molar-refractivity contribution in [2.75, 3.05) is 32.8 Å².